The molecule has 0 aromatic heterocycles. The van der Waals surface area contributed by atoms with Crippen molar-refractivity contribution in [3.8, 4) is 0 Å². The highest BCUT2D eigenvalue weighted by Crippen LogP contribution is 1.95. The van der Waals surface area contributed by atoms with E-state index >= 15 is 0 Å². The van der Waals surface area contributed by atoms with Crippen LogP contribution in [0.1, 0.15) is 6.92 Å². The molecular formula is C9H21NO3S. The summed E-state index contributed by atoms with van der Waals surface area (Å²) in [4.78, 5) is 0. The molecule has 0 aromatic carbocycles. The van der Waals surface area contributed by atoms with E-state index in [1.807, 2.05) is 6.92 Å². The average Bonchev–Trinajstić information content (AvgIpc) is 2.17. The number of rotatable bonds is 9. The largest absolute Gasteiger partial charge is 0.382 e. The van der Waals surface area contributed by atoms with Crippen LogP contribution in [0.25, 0.3) is 0 Å². The normalized spacial score (nSPS) is 15.4. The average molecular weight is 223 g/mol. The molecule has 0 aliphatic rings. The third kappa shape index (κ3) is 8.62. The van der Waals surface area contributed by atoms with Gasteiger partial charge < -0.3 is 15.2 Å². The van der Waals surface area contributed by atoms with E-state index in [4.69, 9.17) is 15.2 Å². The van der Waals surface area contributed by atoms with E-state index in [1.165, 1.54) is 0 Å². The lowest BCUT2D eigenvalue weighted by Crippen LogP contribution is -2.20. The fourth-order valence-electron chi connectivity index (χ4n) is 0.865. The molecule has 0 aliphatic carbocycles. The molecule has 0 bridgehead atoms. The molecule has 0 saturated heterocycles. The van der Waals surface area contributed by atoms with E-state index in [9.17, 15) is 4.21 Å². The Morgan fingerprint density at radius 1 is 1.36 bits per heavy atom. The van der Waals surface area contributed by atoms with E-state index in [-0.39, 0.29) is 0 Å². The zero-order valence-corrected chi connectivity index (χ0v) is 9.85. The fraction of sp³-hybridized carbons (Fsp3) is 1.00. The van der Waals surface area contributed by atoms with Crippen LogP contribution >= 0.6 is 0 Å². The lowest BCUT2D eigenvalue weighted by atomic mass is 10.2. The first-order valence-electron chi connectivity index (χ1n) is 4.82. The van der Waals surface area contributed by atoms with Gasteiger partial charge in [0.1, 0.15) is 0 Å². The van der Waals surface area contributed by atoms with Crippen molar-refractivity contribution >= 4 is 10.8 Å². The Hall–Kier alpha value is 0.0300. The molecule has 0 heterocycles. The van der Waals surface area contributed by atoms with Crippen molar-refractivity contribution in [2.45, 2.75) is 6.92 Å². The van der Waals surface area contributed by atoms with Gasteiger partial charge in [-0.1, -0.05) is 6.92 Å². The van der Waals surface area contributed by atoms with Crippen LogP contribution < -0.4 is 5.73 Å². The smallest absolute Gasteiger partial charge is 0.0700 e. The van der Waals surface area contributed by atoms with Crippen LogP contribution in [0.4, 0.5) is 0 Å². The van der Waals surface area contributed by atoms with Gasteiger partial charge in [0.05, 0.1) is 19.8 Å². The minimum absolute atomic E-state index is 0.329. The van der Waals surface area contributed by atoms with Crippen LogP contribution in [-0.4, -0.2) is 49.2 Å². The van der Waals surface area contributed by atoms with E-state index < -0.39 is 10.8 Å². The Morgan fingerprint density at radius 2 is 2.07 bits per heavy atom. The summed E-state index contributed by atoms with van der Waals surface area (Å²) in [5.74, 6) is 1.59. The summed E-state index contributed by atoms with van der Waals surface area (Å²) in [6.07, 6.45) is 0. The Labute approximate surface area is 88.6 Å². The highest BCUT2D eigenvalue weighted by atomic mass is 32.2. The molecule has 0 saturated carbocycles. The molecule has 0 aromatic rings. The summed E-state index contributed by atoms with van der Waals surface area (Å²) in [5.41, 5.74) is 5.43. The lowest BCUT2D eigenvalue weighted by molar-refractivity contribution is 0.0787. The van der Waals surface area contributed by atoms with Crippen molar-refractivity contribution in [3.05, 3.63) is 0 Å². The Kier molecular flexibility index (Phi) is 9.60. The molecule has 0 rings (SSSR count). The first-order valence-corrected chi connectivity index (χ1v) is 6.31. The van der Waals surface area contributed by atoms with Crippen LogP contribution in [0.15, 0.2) is 0 Å². The Balaban J connectivity index is 3.27. The van der Waals surface area contributed by atoms with Gasteiger partial charge in [-0.15, -0.1) is 0 Å². The van der Waals surface area contributed by atoms with Gasteiger partial charge in [-0.2, -0.15) is 0 Å². The molecule has 2 unspecified atom stereocenters. The predicted molar refractivity (Wildman–Crippen MR) is 58.8 cm³/mol. The zero-order chi connectivity index (χ0) is 10.8. The topological polar surface area (TPSA) is 61.5 Å². The van der Waals surface area contributed by atoms with Gasteiger partial charge in [0, 0.05) is 29.4 Å². The van der Waals surface area contributed by atoms with Gasteiger partial charge >= 0.3 is 0 Å². The summed E-state index contributed by atoms with van der Waals surface area (Å²) in [7, 11) is 0.828. The molecular weight excluding hydrogens is 202 g/mol. The molecule has 0 radical (unpaired) electrons. The summed E-state index contributed by atoms with van der Waals surface area (Å²) >= 11 is 0. The first kappa shape index (κ1) is 14.0. The molecule has 2 atom stereocenters. The van der Waals surface area contributed by atoms with Crippen LogP contribution in [-0.2, 0) is 20.3 Å². The molecule has 4 nitrogen and oxygen atoms in total. The summed E-state index contributed by atoms with van der Waals surface area (Å²) in [6, 6.07) is 0. The molecule has 2 N–H and O–H groups in total. The van der Waals surface area contributed by atoms with E-state index in [0.717, 1.165) is 0 Å². The molecule has 14 heavy (non-hydrogen) atoms. The molecule has 0 fully saturated rings. The number of hydrogen-bond acceptors (Lipinski definition) is 4. The summed E-state index contributed by atoms with van der Waals surface area (Å²) < 4.78 is 21.4. The highest BCUT2D eigenvalue weighted by Gasteiger charge is 2.05. The third-order valence-electron chi connectivity index (χ3n) is 1.76. The summed E-state index contributed by atoms with van der Waals surface area (Å²) in [6.45, 7) is 4.29. The van der Waals surface area contributed by atoms with Gasteiger partial charge in [-0.3, -0.25) is 4.21 Å². The van der Waals surface area contributed by atoms with Crippen LogP contribution in [0.5, 0.6) is 0 Å². The maximum absolute atomic E-state index is 11.4. The molecule has 86 valence electrons. The second-order valence-corrected chi connectivity index (χ2v) is 4.88. The van der Waals surface area contributed by atoms with Gasteiger partial charge in [-0.25, -0.2) is 0 Å². The van der Waals surface area contributed by atoms with Gasteiger partial charge in [0.15, 0.2) is 0 Å². The van der Waals surface area contributed by atoms with E-state index in [2.05, 4.69) is 0 Å². The second-order valence-electron chi connectivity index (χ2n) is 3.26. The highest BCUT2D eigenvalue weighted by molar-refractivity contribution is 7.85. The van der Waals surface area contributed by atoms with Crippen molar-refractivity contribution in [2.24, 2.45) is 11.7 Å². The molecule has 0 amide bonds. The monoisotopic (exact) mass is 223 g/mol. The van der Waals surface area contributed by atoms with Crippen LogP contribution in [0, 0.1) is 5.92 Å². The zero-order valence-electron chi connectivity index (χ0n) is 9.03. The van der Waals surface area contributed by atoms with Crippen molar-refractivity contribution < 1.29 is 13.7 Å². The Bertz CT molecular complexity index is 155. The number of ether oxygens (including phenoxy) is 2. The van der Waals surface area contributed by atoms with Crippen molar-refractivity contribution in [1.82, 2.24) is 0 Å². The van der Waals surface area contributed by atoms with Crippen molar-refractivity contribution in [1.29, 1.82) is 0 Å². The molecule has 0 spiro atoms. The number of hydrogen-bond donors (Lipinski definition) is 1. The molecule has 0 aliphatic heterocycles. The Morgan fingerprint density at radius 3 is 2.64 bits per heavy atom. The van der Waals surface area contributed by atoms with Crippen LogP contribution in [0.2, 0.25) is 0 Å². The second kappa shape index (κ2) is 9.58. The number of methoxy groups -OCH3 is 1. The van der Waals surface area contributed by atoms with Gasteiger partial charge in [-0.05, 0) is 12.5 Å². The fourth-order valence-corrected chi connectivity index (χ4v) is 2.11. The maximum Gasteiger partial charge on any atom is 0.0700 e. The van der Waals surface area contributed by atoms with E-state index in [0.29, 0.717) is 43.8 Å². The SMILES string of the molecule is COCCOCCS(=O)CC(C)CN. The lowest BCUT2D eigenvalue weighted by Gasteiger charge is -2.08. The van der Waals surface area contributed by atoms with Gasteiger partial charge in [0.2, 0.25) is 0 Å². The van der Waals surface area contributed by atoms with Gasteiger partial charge in [0.25, 0.3) is 0 Å². The number of nitrogens with two attached hydrogens (primary N) is 1. The van der Waals surface area contributed by atoms with Crippen molar-refractivity contribution in [2.75, 3.05) is 45.0 Å². The van der Waals surface area contributed by atoms with E-state index in [1.54, 1.807) is 7.11 Å². The minimum atomic E-state index is -0.801. The minimum Gasteiger partial charge on any atom is -0.382 e. The quantitative estimate of drug-likeness (QED) is 0.559. The standard InChI is InChI=1S/C9H21NO3S/c1-9(7-10)8-14(11)6-5-13-4-3-12-2/h9H,3-8,10H2,1-2H3. The predicted octanol–water partition coefficient (Wildman–Crippen LogP) is -0.00710. The maximum atomic E-state index is 11.4. The molecule has 5 heteroatoms. The van der Waals surface area contributed by atoms with Crippen molar-refractivity contribution in [3.63, 3.8) is 0 Å². The summed E-state index contributed by atoms with van der Waals surface area (Å²) in [5, 5.41) is 0. The van der Waals surface area contributed by atoms with Crippen LogP contribution in [0.3, 0.4) is 0 Å². The third-order valence-corrected chi connectivity index (χ3v) is 3.32. The first-order chi connectivity index (χ1) is 6.70.